The molecule has 1 heterocycles. The van der Waals surface area contributed by atoms with Crippen molar-refractivity contribution in [2.45, 2.75) is 25.7 Å². The second kappa shape index (κ2) is 5.65. The summed E-state index contributed by atoms with van der Waals surface area (Å²) in [6, 6.07) is 4.57. The summed E-state index contributed by atoms with van der Waals surface area (Å²) in [7, 11) is 0. The maximum absolute atomic E-state index is 13.2. The molecule has 0 spiro atoms. The molecule has 1 aromatic carbocycles. The molecule has 2 unspecified atom stereocenters. The van der Waals surface area contributed by atoms with Crippen molar-refractivity contribution in [2.24, 2.45) is 0 Å². The van der Waals surface area contributed by atoms with Gasteiger partial charge in [0, 0.05) is 25.3 Å². The molecule has 0 amide bonds. The van der Waals surface area contributed by atoms with Gasteiger partial charge in [-0.05, 0) is 30.7 Å². The third kappa shape index (κ3) is 3.41. The first-order chi connectivity index (χ1) is 8.56. The molecule has 1 aromatic rings. The number of ether oxygens (including phenoxy) is 1. The molecule has 1 aliphatic heterocycles. The van der Waals surface area contributed by atoms with Gasteiger partial charge in [0.05, 0.1) is 18.8 Å². The van der Waals surface area contributed by atoms with Gasteiger partial charge in [0.2, 0.25) is 0 Å². The minimum atomic E-state index is -0.315. The van der Waals surface area contributed by atoms with Crippen LogP contribution < -0.4 is 5.73 Å². The number of morpholine rings is 1. The van der Waals surface area contributed by atoms with Gasteiger partial charge in [0.1, 0.15) is 5.82 Å². The predicted octanol–water partition coefficient (Wildman–Crippen LogP) is 0.990. The topological polar surface area (TPSA) is 58.7 Å². The van der Waals surface area contributed by atoms with E-state index in [1.54, 1.807) is 6.07 Å². The summed E-state index contributed by atoms with van der Waals surface area (Å²) in [5.74, 6) is -0.315. The number of nitrogen functional groups attached to an aromatic ring is 1. The van der Waals surface area contributed by atoms with Gasteiger partial charge in [-0.25, -0.2) is 4.39 Å². The van der Waals surface area contributed by atoms with Crippen LogP contribution >= 0.6 is 0 Å². The van der Waals surface area contributed by atoms with Crippen LogP contribution in [0.15, 0.2) is 18.2 Å². The number of hydrogen-bond donors (Lipinski definition) is 2. The minimum absolute atomic E-state index is 0.00608. The van der Waals surface area contributed by atoms with Crippen molar-refractivity contribution < 1.29 is 14.2 Å². The van der Waals surface area contributed by atoms with Crippen LogP contribution in [0.3, 0.4) is 0 Å². The number of hydrogen-bond acceptors (Lipinski definition) is 4. The summed E-state index contributed by atoms with van der Waals surface area (Å²) in [6.45, 7) is 4.01. The molecule has 1 aliphatic rings. The van der Waals surface area contributed by atoms with Crippen LogP contribution in [-0.4, -0.2) is 41.9 Å². The third-order valence-corrected chi connectivity index (χ3v) is 2.99. The van der Waals surface area contributed by atoms with Crippen molar-refractivity contribution in [1.82, 2.24) is 4.90 Å². The van der Waals surface area contributed by atoms with Crippen molar-refractivity contribution in [3.63, 3.8) is 0 Å². The SMILES string of the molecule is CC1CN(Cc2cc(N)cc(F)c2)CC(CO)O1. The first-order valence-corrected chi connectivity index (χ1v) is 6.10. The number of nitrogens with zero attached hydrogens (tertiary/aromatic N) is 1. The lowest BCUT2D eigenvalue weighted by atomic mass is 10.1. The van der Waals surface area contributed by atoms with Gasteiger partial charge in [-0.3, -0.25) is 4.90 Å². The van der Waals surface area contributed by atoms with Gasteiger partial charge in [-0.2, -0.15) is 0 Å². The highest BCUT2D eigenvalue weighted by atomic mass is 19.1. The van der Waals surface area contributed by atoms with Crippen molar-refractivity contribution in [3.05, 3.63) is 29.6 Å². The number of anilines is 1. The number of benzene rings is 1. The zero-order valence-electron chi connectivity index (χ0n) is 10.5. The second-order valence-corrected chi connectivity index (χ2v) is 4.84. The Morgan fingerprint density at radius 3 is 2.89 bits per heavy atom. The van der Waals surface area contributed by atoms with Crippen LogP contribution in [0.5, 0.6) is 0 Å². The fourth-order valence-corrected chi connectivity index (χ4v) is 2.40. The van der Waals surface area contributed by atoms with E-state index >= 15 is 0 Å². The number of rotatable bonds is 3. The maximum atomic E-state index is 13.2. The Morgan fingerprint density at radius 2 is 2.22 bits per heavy atom. The molecular formula is C13H19FN2O2. The molecule has 0 aromatic heterocycles. The van der Waals surface area contributed by atoms with Crippen molar-refractivity contribution >= 4 is 5.69 Å². The Hall–Kier alpha value is -1.17. The number of nitrogens with two attached hydrogens (primary N) is 1. The summed E-state index contributed by atoms with van der Waals surface area (Å²) in [6.07, 6.45) is -0.0959. The van der Waals surface area contributed by atoms with Crippen LogP contribution in [0.1, 0.15) is 12.5 Å². The molecule has 18 heavy (non-hydrogen) atoms. The van der Waals surface area contributed by atoms with Crippen LogP contribution in [0.4, 0.5) is 10.1 Å². The number of halogens is 1. The van der Waals surface area contributed by atoms with E-state index in [1.165, 1.54) is 12.1 Å². The van der Waals surface area contributed by atoms with E-state index in [0.717, 1.165) is 12.1 Å². The lowest BCUT2D eigenvalue weighted by Gasteiger charge is -2.36. The fourth-order valence-electron chi connectivity index (χ4n) is 2.40. The van der Waals surface area contributed by atoms with E-state index in [2.05, 4.69) is 4.90 Å². The van der Waals surface area contributed by atoms with Crippen LogP contribution in [0.2, 0.25) is 0 Å². The van der Waals surface area contributed by atoms with E-state index < -0.39 is 0 Å². The number of aliphatic hydroxyl groups is 1. The van der Waals surface area contributed by atoms with Gasteiger partial charge in [-0.15, -0.1) is 0 Å². The van der Waals surface area contributed by atoms with Gasteiger partial charge < -0.3 is 15.6 Å². The molecular weight excluding hydrogens is 235 g/mol. The smallest absolute Gasteiger partial charge is 0.125 e. The van der Waals surface area contributed by atoms with Crippen LogP contribution in [0.25, 0.3) is 0 Å². The van der Waals surface area contributed by atoms with Gasteiger partial charge in [-0.1, -0.05) is 0 Å². The van der Waals surface area contributed by atoms with Crippen LogP contribution in [-0.2, 0) is 11.3 Å². The van der Waals surface area contributed by atoms with Crippen molar-refractivity contribution in [1.29, 1.82) is 0 Å². The van der Waals surface area contributed by atoms with Crippen molar-refractivity contribution in [2.75, 3.05) is 25.4 Å². The van der Waals surface area contributed by atoms with Crippen LogP contribution in [0, 0.1) is 5.82 Å². The van der Waals surface area contributed by atoms with E-state index in [4.69, 9.17) is 15.6 Å². The second-order valence-electron chi connectivity index (χ2n) is 4.84. The molecule has 1 fully saturated rings. The van der Waals surface area contributed by atoms with E-state index in [9.17, 15) is 4.39 Å². The molecule has 0 bridgehead atoms. The lowest BCUT2D eigenvalue weighted by Crippen LogP contribution is -2.47. The molecule has 0 saturated carbocycles. The Morgan fingerprint density at radius 1 is 1.44 bits per heavy atom. The molecule has 4 nitrogen and oxygen atoms in total. The maximum Gasteiger partial charge on any atom is 0.125 e. The molecule has 1 saturated heterocycles. The van der Waals surface area contributed by atoms with Gasteiger partial charge in [0.15, 0.2) is 0 Å². The highest BCUT2D eigenvalue weighted by Gasteiger charge is 2.24. The van der Waals surface area contributed by atoms with Gasteiger partial charge in [0.25, 0.3) is 0 Å². The summed E-state index contributed by atoms with van der Waals surface area (Å²) < 4.78 is 18.8. The van der Waals surface area contributed by atoms with Crippen molar-refractivity contribution in [3.8, 4) is 0 Å². The lowest BCUT2D eigenvalue weighted by molar-refractivity contribution is -0.0972. The highest BCUT2D eigenvalue weighted by Crippen LogP contribution is 2.17. The standard InChI is InChI=1S/C13H19FN2O2/c1-9-5-16(7-13(8-17)18-9)6-10-2-11(14)4-12(15)3-10/h2-4,9,13,17H,5-8,15H2,1H3. The summed E-state index contributed by atoms with van der Waals surface area (Å²) in [4.78, 5) is 2.14. The molecule has 100 valence electrons. The largest absolute Gasteiger partial charge is 0.399 e. The fraction of sp³-hybridized carbons (Fsp3) is 0.538. The molecule has 2 rings (SSSR count). The number of aliphatic hydroxyl groups excluding tert-OH is 1. The quantitative estimate of drug-likeness (QED) is 0.790. The van der Waals surface area contributed by atoms with E-state index in [1.807, 2.05) is 6.92 Å². The Bertz CT molecular complexity index is 394. The Balaban J connectivity index is 2.03. The molecule has 0 aliphatic carbocycles. The molecule has 0 radical (unpaired) electrons. The summed E-state index contributed by atoms with van der Waals surface area (Å²) >= 11 is 0. The van der Waals surface area contributed by atoms with E-state index in [0.29, 0.717) is 18.8 Å². The summed E-state index contributed by atoms with van der Waals surface area (Å²) in [5.41, 5.74) is 6.90. The molecule has 5 heteroatoms. The summed E-state index contributed by atoms with van der Waals surface area (Å²) in [5, 5.41) is 9.15. The first kappa shape index (κ1) is 13.3. The minimum Gasteiger partial charge on any atom is -0.399 e. The van der Waals surface area contributed by atoms with E-state index in [-0.39, 0.29) is 24.6 Å². The normalized spacial score (nSPS) is 25.3. The average molecular weight is 254 g/mol. The highest BCUT2D eigenvalue weighted by molar-refractivity contribution is 5.41. The average Bonchev–Trinajstić information content (AvgIpc) is 2.26. The van der Waals surface area contributed by atoms with Gasteiger partial charge >= 0.3 is 0 Å². The first-order valence-electron chi connectivity index (χ1n) is 6.10. The monoisotopic (exact) mass is 254 g/mol. The molecule has 3 N–H and O–H groups in total. The Kier molecular flexibility index (Phi) is 4.16. The zero-order valence-corrected chi connectivity index (χ0v) is 10.5. The predicted molar refractivity (Wildman–Crippen MR) is 67.5 cm³/mol. The Labute approximate surface area is 106 Å². The molecule has 2 atom stereocenters. The third-order valence-electron chi connectivity index (χ3n) is 2.99. The zero-order chi connectivity index (χ0) is 13.1.